The Labute approximate surface area is 172 Å². The van der Waals surface area contributed by atoms with Crippen molar-refractivity contribution < 1.29 is 32.5 Å². The van der Waals surface area contributed by atoms with Crippen LogP contribution in [0.1, 0.15) is 24.5 Å². The molecular weight excluding hydrogens is 395 g/mol. The van der Waals surface area contributed by atoms with Gasteiger partial charge < -0.3 is 23.4 Å². The summed E-state index contributed by atoms with van der Waals surface area (Å²) in [7, 11) is 4.49. The van der Waals surface area contributed by atoms with Crippen LogP contribution in [-0.4, -0.2) is 37.5 Å². The molecule has 1 aromatic heterocycles. The first-order chi connectivity index (χ1) is 14.4. The van der Waals surface area contributed by atoms with Gasteiger partial charge in [-0.2, -0.15) is 0 Å². The van der Waals surface area contributed by atoms with Gasteiger partial charge in [-0.25, -0.2) is 4.39 Å². The first-order valence-electron chi connectivity index (χ1n) is 9.02. The molecular formula is C21H21FN2O6. The van der Waals surface area contributed by atoms with Crippen molar-refractivity contribution in [3.05, 3.63) is 53.7 Å². The summed E-state index contributed by atoms with van der Waals surface area (Å²) in [6.07, 6.45) is -0.791. The number of nitrogens with zero attached hydrogens (tertiary/aromatic N) is 2. The maximum Gasteiger partial charge on any atom is 0.311 e. The lowest BCUT2D eigenvalue weighted by atomic mass is 10.1. The molecule has 3 aromatic rings. The van der Waals surface area contributed by atoms with Crippen LogP contribution in [0.25, 0.3) is 11.5 Å². The van der Waals surface area contributed by atoms with E-state index in [0.717, 1.165) is 0 Å². The van der Waals surface area contributed by atoms with Crippen molar-refractivity contribution in [2.24, 2.45) is 0 Å². The Morgan fingerprint density at radius 2 is 1.67 bits per heavy atom. The maximum absolute atomic E-state index is 13.0. The van der Waals surface area contributed by atoms with Gasteiger partial charge in [0.1, 0.15) is 5.82 Å². The number of hydrogen-bond acceptors (Lipinski definition) is 8. The number of ether oxygens (including phenoxy) is 4. The summed E-state index contributed by atoms with van der Waals surface area (Å²) < 4.78 is 39.9. The molecule has 8 nitrogen and oxygen atoms in total. The predicted octanol–water partition coefficient (Wildman–Crippen LogP) is 3.75. The van der Waals surface area contributed by atoms with Gasteiger partial charge in [-0.15, -0.1) is 10.2 Å². The SMILES string of the molecule is COc1cc(CC(=O)O[C@H](C)c2nnc(-c3ccc(F)cc3)o2)cc(OC)c1OC. The quantitative estimate of drug-likeness (QED) is 0.513. The van der Waals surface area contributed by atoms with Crippen LogP contribution in [-0.2, 0) is 16.0 Å². The van der Waals surface area contributed by atoms with Crippen molar-refractivity contribution in [3.8, 4) is 28.7 Å². The number of halogens is 1. The molecule has 0 saturated heterocycles. The highest BCUT2D eigenvalue weighted by atomic mass is 19.1. The summed E-state index contributed by atoms with van der Waals surface area (Å²) in [6.45, 7) is 1.62. The number of rotatable bonds is 8. The topological polar surface area (TPSA) is 92.9 Å². The molecule has 1 atom stereocenters. The fraction of sp³-hybridized carbons (Fsp3) is 0.286. The van der Waals surface area contributed by atoms with Gasteiger partial charge >= 0.3 is 5.97 Å². The van der Waals surface area contributed by atoms with Gasteiger partial charge in [-0.3, -0.25) is 4.79 Å². The predicted molar refractivity (Wildman–Crippen MR) is 104 cm³/mol. The zero-order chi connectivity index (χ0) is 21.7. The molecule has 0 radical (unpaired) electrons. The zero-order valence-electron chi connectivity index (χ0n) is 17.0. The number of methoxy groups -OCH3 is 3. The molecule has 0 fully saturated rings. The van der Waals surface area contributed by atoms with Gasteiger partial charge in [0, 0.05) is 5.56 Å². The third-order valence-corrected chi connectivity index (χ3v) is 4.26. The average Bonchev–Trinajstić information content (AvgIpc) is 3.23. The standard InChI is InChI=1S/C21H21FN2O6/c1-12(20-23-24-21(30-20)14-5-7-15(22)8-6-14)29-18(25)11-13-9-16(26-2)19(28-4)17(10-13)27-3/h5-10,12H,11H2,1-4H3/t12-/m1/s1. The fourth-order valence-corrected chi connectivity index (χ4v) is 2.80. The molecule has 0 aliphatic heterocycles. The monoisotopic (exact) mass is 416 g/mol. The van der Waals surface area contributed by atoms with E-state index in [-0.39, 0.29) is 24.0 Å². The molecule has 0 aliphatic carbocycles. The van der Waals surface area contributed by atoms with Crippen molar-refractivity contribution >= 4 is 5.97 Å². The van der Waals surface area contributed by atoms with E-state index in [2.05, 4.69) is 10.2 Å². The first kappa shape index (κ1) is 21.1. The third-order valence-electron chi connectivity index (χ3n) is 4.26. The molecule has 1 heterocycles. The highest BCUT2D eigenvalue weighted by Gasteiger charge is 2.21. The van der Waals surface area contributed by atoms with Crippen LogP contribution in [0.3, 0.4) is 0 Å². The van der Waals surface area contributed by atoms with E-state index in [1.807, 2.05) is 0 Å². The summed E-state index contributed by atoms with van der Waals surface area (Å²) in [5.41, 5.74) is 1.19. The second-order valence-electron chi connectivity index (χ2n) is 6.29. The fourth-order valence-electron chi connectivity index (χ4n) is 2.80. The number of aromatic nitrogens is 2. The summed E-state index contributed by atoms with van der Waals surface area (Å²) >= 11 is 0. The molecule has 0 aliphatic rings. The first-order valence-corrected chi connectivity index (χ1v) is 9.02. The molecule has 0 bridgehead atoms. The smallest absolute Gasteiger partial charge is 0.311 e. The van der Waals surface area contributed by atoms with Crippen LogP contribution in [0, 0.1) is 5.82 Å². The molecule has 3 rings (SSSR count). The van der Waals surface area contributed by atoms with Gasteiger partial charge in [0.2, 0.25) is 11.6 Å². The Hall–Kier alpha value is -3.62. The van der Waals surface area contributed by atoms with Crippen molar-refractivity contribution in [1.82, 2.24) is 10.2 Å². The summed E-state index contributed by atoms with van der Waals surface area (Å²) in [5.74, 6) is 0.780. The Morgan fingerprint density at radius 1 is 1.03 bits per heavy atom. The van der Waals surface area contributed by atoms with Gasteiger partial charge in [0.05, 0.1) is 27.8 Å². The van der Waals surface area contributed by atoms with Crippen LogP contribution in [0.2, 0.25) is 0 Å². The van der Waals surface area contributed by atoms with Crippen LogP contribution in [0.5, 0.6) is 17.2 Å². The third kappa shape index (κ3) is 4.68. The molecule has 30 heavy (non-hydrogen) atoms. The number of benzene rings is 2. The lowest BCUT2D eigenvalue weighted by Crippen LogP contribution is -2.12. The van der Waals surface area contributed by atoms with Crippen LogP contribution >= 0.6 is 0 Å². The van der Waals surface area contributed by atoms with E-state index >= 15 is 0 Å². The molecule has 9 heteroatoms. The van der Waals surface area contributed by atoms with Crippen molar-refractivity contribution in [2.45, 2.75) is 19.4 Å². The van der Waals surface area contributed by atoms with Crippen LogP contribution in [0.15, 0.2) is 40.8 Å². The van der Waals surface area contributed by atoms with Gasteiger partial charge in [0.25, 0.3) is 5.89 Å². The summed E-state index contributed by atoms with van der Waals surface area (Å²) in [4.78, 5) is 12.4. The summed E-state index contributed by atoms with van der Waals surface area (Å²) in [5, 5.41) is 7.82. The Bertz CT molecular complexity index is 994. The lowest BCUT2D eigenvalue weighted by molar-refractivity contribution is -0.148. The molecule has 0 unspecified atom stereocenters. The van der Waals surface area contributed by atoms with Crippen LogP contribution < -0.4 is 14.2 Å². The summed E-state index contributed by atoms with van der Waals surface area (Å²) in [6, 6.07) is 8.97. The van der Waals surface area contributed by atoms with E-state index in [4.69, 9.17) is 23.4 Å². The van der Waals surface area contributed by atoms with E-state index in [9.17, 15) is 9.18 Å². The second-order valence-corrected chi connectivity index (χ2v) is 6.29. The van der Waals surface area contributed by atoms with E-state index in [1.165, 1.54) is 45.6 Å². The van der Waals surface area contributed by atoms with Gasteiger partial charge in [-0.05, 0) is 48.9 Å². The molecule has 0 amide bonds. The molecule has 0 spiro atoms. The highest BCUT2D eigenvalue weighted by Crippen LogP contribution is 2.38. The van der Waals surface area contributed by atoms with Crippen molar-refractivity contribution in [2.75, 3.05) is 21.3 Å². The average molecular weight is 416 g/mol. The molecule has 2 aromatic carbocycles. The van der Waals surface area contributed by atoms with Crippen molar-refractivity contribution in [1.29, 1.82) is 0 Å². The van der Waals surface area contributed by atoms with E-state index < -0.39 is 12.1 Å². The number of carbonyl (C=O) groups excluding carboxylic acids is 1. The lowest BCUT2D eigenvalue weighted by Gasteiger charge is -2.14. The zero-order valence-corrected chi connectivity index (χ0v) is 17.0. The van der Waals surface area contributed by atoms with E-state index in [1.54, 1.807) is 19.1 Å². The second kappa shape index (κ2) is 9.25. The number of hydrogen-bond donors (Lipinski definition) is 0. The highest BCUT2D eigenvalue weighted by molar-refractivity contribution is 5.73. The normalized spacial score (nSPS) is 11.6. The minimum absolute atomic E-state index is 0.0278. The van der Waals surface area contributed by atoms with Crippen LogP contribution in [0.4, 0.5) is 4.39 Å². The Balaban J connectivity index is 1.68. The molecule has 0 saturated carbocycles. The molecule has 0 N–H and O–H groups in total. The minimum Gasteiger partial charge on any atom is -0.493 e. The van der Waals surface area contributed by atoms with Gasteiger partial charge in [0.15, 0.2) is 17.6 Å². The van der Waals surface area contributed by atoms with Gasteiger partial charge in [-0.1, -0.05) is 0 Å². The Kier molecular flexibility index (Phi) is 6.51. The largest absolute Gasteiger partial charge is 0.493 e. The maximum atomic E-state index is 13.0. The number of carbonyl (C=O) groups is 1. The Morgan fingerprint density at radius 3 is 2.23 bits per heavy atom. The van der Waals surface area contributed by atoms with E-state index in [0.29, 0.717) is 28.4 Å². The molecule has 158 valence electrons. The van der Waals surface area contributed by atoms with Crippen molar-refractivity contribution in [3.63, 3.8) is 0 Å². The number of esters is 1. The minimum atomic E-state index is -0.763.